The Bertz CT molecular complexity index is 1520. The molecule has 3 aromatic heterocycles. The molecule has 0 spiro atoms. The Morgan fingerprint density at radius 3 is 2.66 bits per heavy atom. The Morgan fingerprint density at radius 1 is 1.19 bits per heavy atom. The molecule has 32 heavy (non-hydrogen) atoms. The third-order valence-corrected chi connectivity index (χ3v) is 6.76. The van der Waals surface area contributed by atoms with Crippen LogP contribution >= 0.6 is 22.9 Å². The van der Waals surface area contributed by atoms with Crippen LogP contribution in [0, 0.1) is 13.8 Å². The topological polar surface area (TPSA) is 93.8 Å². The summed E-state index contributed by atoms with van der Waals surface area (Å²) in [6.45, 7) is 3.83. The number of carboxylic acid groups (broad SMARTS) is 1. The highest BCUT2D eigenvalue weighted by molar-refractivity contribution is 7.22. The van der Waals surface area contributed by atoms with Gasteiger partial charge < -0.3 is 5.11 Å². The van der Waals surface area contributed by atoms with Gasteiger partial charge in [0.2, 0.25) is 0 Å². The lowest BCUT2D eigenvalue weighted by Crippen LogP contribution is -2.04. The Hall–Kier alpha value is -3.36. The molecule has 2 aromatic carbocycles. The fraction of sp³-hybridized carbons (Fsp3) is 0.174. The van der Waals surface area contributed by atoms with Gasteiger partial charge in [0.25, 0.3) is 0 Å². The highest BCUT2D eigenvalue weighted by atomic mass is 35.5. The van der Waals surface area contributed by atoms with Gasteiger partial charge in [0, 0.05) is 17.6 Å². The van der Waals surface area contributed by atoms with Crippen molar-refractivity contribution >= 4 is 50.2 Å². The summed E-state index contributed by atoms with van der Waals surface area (Å²) in [5.41, 5.74) is 6.66. The number of aromatic nitrogens is 5. The van der Waals surface area contributed by atoms with Gasteiger partial charge >= 0.3 is 5.97 Å². The van der Waals surface area contributed by atoms with Gasteiger partial charge in [-0.05, 0) is 48.7 Å². The first-order valence-corrected chi connectivity index (χ1v) is 11.1. The zero-order valence-corrected chi connectivity index (χ0v) is 19.1. The minimum atomic E-state index is -0.881. The number of hydrogen-bond donors (Lipinski definition) is 1. The van der Waals surface area contributed by atoms with Crippen LogP contribution < -0.4 is 0 Å². The normalized spacial score (nSPS) is 11.5. The number of carbonyl (C=O) groups is 1. The summed E-state index contributed by atoms with van der Waals surface area (Å²) in [5, 5.41) is 15.2. The van der Waals surface area contributed by atoms with Gasteiger partial charge in [-0.1, -0.05) is 23.7 Å². The van der Waals surface area contributed by atoms with Crippen molar-refractivity contribution in [2.75, 3.05) is 0 Å². The predicted octanol–water partition coefficient (Wildman–Crippen LogP) is 5.20. The van der Waals surface area contributed by atoms with E-state index in [0.29, 0.717) is 15.9 Å². The number of hydrogen-bond acceptors (Lipinski definition) is 6. The van der Waals surface area contributed by atoms with Crippen LogP contribution in [0.25, 0.3) is 43.2 Å². The number of aliphatic carboxylic acids is 1. The summed E-state index contributed by atoms with van der Waals surface area (Å²) in [5.74, 6) is -0.359. The molecule has 7 nitrogen and oxygen atoms in total. The van der Waals surface area contributed by atoms with E-state index >= 15 is 0 Å². The zero-order valence-electron chi connectivity index (χ0n) is 17.5. The van der Waals surface area contributed by atoms with Gasteiger partial charge in [0.15, 0.2) is 10.8 Å². The molecular weight excluding hydrogens is 446 g/mol. The Balaban J connectivity index is 1.76. The molecule has 0 radical (unpaired) electrons. The van der Waals surface area contributed by atoms with E-state index in [1.807, 2.05) is 39.1 Å². The van der Waals surface area contributed by atoms with E-state index in [4.69, 9.17) is 21.6 Å². The smallest absolute Gasteiger partial charge is 0.307 e. The van der Waals surface area contributed by atoms with E-state index in [-0.39, 0.29) is 6.42 Å². The fourth-order valence-electron chi connectivity index (χ4n) is 3.94. The summed E-state index contributed by atoms with van der Waals surface area (Å²) in [6.07, 6.45) is 1.68. The van der Waals surface area contributed by atoms with Crippen LogP contribution in [0.5, 0.6) is 0 Å². The molecule has 0 unspecified atom stereocenters. The van der Waals surface area contributed by atoms with E-state index in [9.17, 15) is 9.90 Å². The number of benzene rings is 2. The molecule has 5 rings (SSSR count). The van der Waals surface area contributed by atoms with Crippen LogP contribution in [0.3, 0.4) is 0 Å². The molecule has 0 amide bonds. The van der Waals surface area contributed by atoms with Crippen molar-refractivity contribution in [3.8, 4) is 22.0 Å². The van der Waals surface area contributed by atoms with Gasteiger partial charge in [-0.2, -0.15) is 5.10 Å². The lowest BCUT2D eigenvalue weighted by molar-refractivity contribution is -0.136. The molecule has 0 aliphatic carbocycles. The van der Waals surface area contributed by atoms with Crippen molar-refractivity contribution in [1.82, 2.24) is 24.7 Å². The minimum absolute atomic E-state index is 0.0791. The largest absolute Gasteiger partial charge is 0.481 e. The van der Waals surface area contributed by atoms with Crippen LogP contribution in [-0.2, 0) is 18.3 Å². The number of nitrogens with zero attached hydrogens (tertiary/aromatic N) is 5. The molecular formula is C23H18ClN5O2S. The Labute approximate surface area is 192 Å². The molecule has 0 aliphatic heterocycles. The summed E-state index contributed by atoms with van der Waals surface area (Å²) in [4.78, 5) is 25.7. The van der Waals surface area contributed by atoms with Crippen LogP contribution in [0.2, 0.25) is 5.02 Å². The van der Waals surface area contributed by atoms with Gasteiger partial charge in [-0.25, -0.2) is 15.0 Å². The zero-order chi connectivity index (χ0) is 22.6. The molecule has 1 N–H and O–H groups in total. The highest BCUT2D eigenvalue weighted by Crippen LogP contribution is 2.40. The Morgan fingerprint density at radius 2 is 1.94 bits per heavy atom. The second-order valence-electron chi connectivity index (χ2n) is 7.63. The van der Waals surface area contributed by atoms with Crippen molar-refractivity contribution < 1.29 is 9.90 Å². The first-order chi connectivity index (χ1) is 15.3. The van der Waals surface area contributed by atoms with Crippen molar-refractivity contribution in [1.29, 1.82) is 0 Å². The van der Waals surface area contributed by atoms with E-state index in [1.165, 1.54) is 11.3 Å². The lowest BCUT2D eigenvalue weighted by atomic mass is 9.93. The van der Waals surface area contributed by atoms with Gasteiger partial charge in [-0.3, -0.25) is 9.48 Å². The average molecular weight is 464 g/mol. The van der Waals surface area contributed by atoms with E-state index < -0.39 is 5.97 Å². The number of aryl methyl sites for hydroxylation is 3. The molecule has 0 fully saturated rings. The number of halogens is 1. The standard InChI is InChI=1S/C23H18ClN5O2S/c1-11-8-16-21(19(15(11)9-18(30)31)13-4-6-14(24)7-5-13)32-23(26-16)22-25-10-17-20(27-22)12(2)28-29(17)3/h4-8,10H,9H2,1-3H3,(H,30,31). The third-order valence-electron chi connectivity index (χ3n) is 5.42. The van der Waals surface area contributed by atoms with Crippen LogP contribution in [0.4, 0.5) is 0 Å². The molecule has 0 bridgehead atoms. The van der Waals surface area contributed by atoms with E-state index in [0.717, 1.165) is 49.2 Å². The molecule has 0 atom stereocenters. The molecule has 9 heteroatoms. The number of thiazole rings is 1. The van der Waals surface area contributed by atoms with Gasteiger partial charge in [0.1, 0.15) is 11.0 Å². The van der Waals surface area contributed by atoms with Gasteiger partial charge in [-0.15, -0.1) is 11.3 Å². The maximum Gasteiger partial charge on any atom is 0.307 e. The van der Waals surface area contributed by atoms with Crippen molar-refractivity contribution in [2.45, 2.75) is 20.3 Å². The first kappa shape index (κ1) is 20.5. The third kappa shape index (κ3) is 3.41. The number of fused-ring (bicyclic) bond motifs is 2. The van der Waals surface area contributed by atoms with Crippen LogP contribution in [-0.4, -0.2) is 35.8 Å². The lowest BCUT2D eigenvalue weighted by Gasteiger charge is -2.13. The van der Waals surface area contributed by atoms with Gasteiger partial charge in [0.05, 0.1) is 28.5 Å². The quantitative estimate of drug-likeness (QED) is 0.393. The van der Waals surface area contributed by atoms with E-state index in [2.05, 4.69) is 10.1 Å². The molecule has 0 saturated heterocycles. The summed E-state index contributed by atoms with van der Waals surface area (Å²) in [6, 6.07) is 9.35. The molecule has 160 valence electrons. The predicted molar refractivity (Wildman–Crippen MR) is 126 cm³/mol. The molecule has 5 aromatic rings. The monoisotopic (exact) mass is 463 g/mol. The second kappa shape index (κ2) is 7.65. The first-order valence-electron chi connectivity index (χ1n) is 9.89. The van der Waals surface area contributed by atoms with Crippen molar-refractivity contribution in [3.63, 3.8) is 0 Å². The molecule has 0 aliphatic rings. The number of carboxylic acids is 1. The maximum absolute atomic E-state index is 11.6. The fourth-order valence-corrected chi connectivity index (χ4v) is 5.14. The van der Waals surface area contributed by atoms with Crippen molar-refractivity contribution in [3.05, 3.63) is 58.4 Å². The highest BCUT2D eigenvalue weighted by Gasteiger charge is 2.20. The van der Waals surface area contributed by atoms with Crippen LogP contribution in [0.15, 0.2) is 36.5 Å². The summed E-state index contributed by atoms with van der Waals surface area (Å²) >= 11 is 7.55. The molecule has 3 heterocycles. The second-order valence-corrected chi connectivity index (χ2v) is 9.06. The average Bonchev–Trinajstić information content (AvgIpc) is 3.29. The Kier molecular flexibility index (Phi) is 4.91. The van der Waals surface area contributed by atoms with E-state index in [1.54, 1.807) is 23.0 Å². The van der Waals surface area contributed by atoms with Crippen LogP contribution in [0.1, 0.15) is 16.8 Å². The van der Waals surface area contributed by atoms with Crippen molar-refractivity contribution in [2.24, 2.45) is 7.05 Å². The summed E-state index contributed by atoms with van der Waals surface area (Å²) in [7, 11) is 1.86. The molecule has 0 saturated carbocycles. The minimum Gasteiger partial charge on any atom is -0.481 e. The summed E-state index contributed by atoms with van der Waals surface area (Å²) < 4.78 is 2.66. The number of rotatable bonds is 4. The SMILES string of the molecule is Cc1cc2nc(-c3ncc4c(n3)c(C)nn4C)sc2c(-c2ccc(Cl)cc2)c1CC(=O)O. The maximum atomic E-state index is 11.6.